The Morgan fingerprint density at radius 2 is 1.62 bits per heavy atom. The fourth-order valence-electron chi connectivity index (χ4n) is 2.29. The molecule has 0 unspecified atom stereocenters. The highest BCUT2D eigenvalue weighted by Gasteiger charge is 2.20. The van der Waals surface area contributed by atoms with Crippen molar-refractivity contribution >= 4 is 29.0 Å². The number of hydrogen-bond acceptors (Lipinski definition) is 4. The van der Waals surface area contributed by atoms with Crippen molar-refractivity contribution < 1.29 is 0 Å². The van der Waals surface area contributed by atoms with Gasteiger partial charge in [-0.05, 0) is 30.4 Å². The van der Waals surface area contributed by atoms with Crippen molar-refractivity contribution in [1.82, 2.24) is 14.9 Å². The molecule has 1 aliphatic rings. The first-order valence-electron chi connectivity index (χ1n) is 6.96. The van der Waals surface area contributed by atoms with Crippen molar-refractivity contribution in [2.75, 3.05) is 36.4 Å². The second kappa shape index (κ2) is 6.49. The van der Waals surface area contributed by atoms with E-state index < -0.39 is 0 Å². The Labute approximate surface area is 129 Å². The molecule has 0 spiro atoms. The number of para-hydroxylation sites is 1. The van der Waals surface area contributed by atoms with E-state index in [1.807, 2.05) is 36.4 Å². The van der Waals surface area contributed by atoms with Crippen LogP contribution in [0.15, 0.2) is 48.8 Å². The maximum Gasteiger partial charge on any atom is 0.225 e. The zero-order valence-corrected chi connectivity index (χ0v) is 12.5. The van der Waals surface area contributed by atoms with E-state index in [9.17, 15) is 0 Å². The average molecular weight is 299 g/mol. The number of hydrogen-bond donors (Lipinski definition) is 1. The summed E-state index contributed by atoms with van der Waals surface area (Å²) < 4.78 is 0. The van der Waals surface area contributed by atoms with Crippen LogP contribution in [0, 0.1) is 0 Å². The van der Waals surface area contributed by atoms with Crippen molar-refractivity contribution in [3.05, 3.63) is 48.8 Å². The third-order valence-corrected chi connectivity index (χ3v) is 3.79. The first kappa shape index (κ1) is 13.8. The minimum absolute atomic E-state index is 0.773. The lowest BCUT2D eigenvalue weighted by molar-refractivity contribution is 0.388. The second-order valence-corrected chi connectivity index (χ2v) is 5.21. The van der Waals surface area contributed by atoms with Gasteiger partial charge in [-0.15, -0.1) is 0 Å². The maximum absolute atomic E-state index is 5.48. The summed E-state index contributed by atoms with van der Waals surface area (Å²) >= 11 is 5.48. The van der Waals surface area contributed by atoms with Gasteiger partial charge in [-0.1, -0.05) is 18.2 Å². The van der Waals surface area contributed by atoms with Crippen LogP contribution in [0.4, 0.5) is 11.6 Å². The van der Waals surface area contributed by atoms with Gasteiger partial charge in [0.2, 0.25) is 5.95 Å². The summed E-state index contributed by atoms with van der Waals surface area (Å²) in [5.41, 5.74) is 1.02. The smallest absolute Gasteiger partial charge is 0.225 e. The minimum atomic E-state index is 0.773. The summed E-state index contributed by atoms with van der Waals surface area (Å²) in [5, 5.41) is 4.05. The van der Waals surface area contributed by atoms with Crippen LogP contribution < -0.4 is 10.2 Å². The summed E-state index contributed by atoms with van der Waals surface area (Å²) in [5.74, 6) is 0.791. The van der Waals surface area contributed by atoms with Crippen LogP contribution in [0.1, 0.15) is 0 Å². The molecule has 3 rings (SSSR count). The molecule has 1 aromatic carbocycles. The topological polar surface area (TPSA) is 44.3 Å². The molecule has 0 bridgehead atoms. The van der Waals surface area contributed by atoms with E-state index in [4.69, 9.17) is 12.2 Å². The van der Waals surface area contributed by atoms with Crippen LogP contribution in [0.5, 0.6) is 0 Å². The highest BCUT2D eigenvalue weighted by atomic mass is 32.1. The molecule has 0 amide bonds. The third kappa shape index (κ3) is 3.46. The van der Waals surface area contributed by atoms with Crippen molar-refractivity contribution in [1.29, 1.82) is 0 Å². The van der Waals surface area contributed by atoms with E-state index in [0.717, 1.165) is 42.9 Å². The zero-order valence-electron chi connectivity index (χ0n) is 11.6. The van der Waals surface area contributed by atoms with Crippen LogP contribution >= 0.6 is 12.2 Å². The molecular weight excluding hydrogens is 282 g/mol. The zero-order chi connectivity index (χ0) is 14.5. The Kier molecular flexibility index (Phi) is 4.25. The van der Waals surface area contributed by atoms with Gasteiger partial charge in [0.25, 0.3) is 0 Å². The molecule has 5 nitrogen and oxygen atoms in total. The largest absolute Gasteiger partial charge is 0.345 e. The van der Waals surface area contributed by atoms with Gasteiger partial charge >= 0.3 is 0 Å². The van der Waals surface area contributed by atoms with Crippen molar-refractivity contribution in [3.63, 3.8) is 0 Å². The molecule has 1 aliphatic heterocycles. The van der Waals surface area contributed by atoms with Gasteiger partial charge < -0.3 is 15.1 Å². The van der Waals surface area contributed by atoms with Crippen molar-refractivity contribution in [3.8, 4) is 0 Å². The van der Waals surface area contributed by atoms with Gasteiger partial charge in [-0.3, -0.25) is 0 Å². The fraction of sp³-hybridized carbons (Fsp3) is 0.267. The summed E-state index contributed by atoms with van der Waals surface area (Å²) in [4.78, 5) is 12.9. The molecule has 6 heteroatoms. The normalized spacial score (nSPS) is 14.9. The number of thiocarbonyl (C=S) groups is 1. The van der Waals surface area contributed by atoms with E-state index in [1.54, 1.807) is 12.4 Å². The molecule has 0 radical (unpaired) electrons. The first-order chi connectivity index (χ1) is 10.3. The van der Waals surface area contributed by atoms with Gasteiger partial charge in [0.1, 0.15) is 0 Å². The molecule has 1 saturated heterocycles. The van der Waals surface area contributed by atoms with E-state index >= 15 is 0 Å². The quantitative estimate of drug-likeness (QED) is 0.856. The molecule has 0 atom stereocenters. The molecule has 1 N–H and O–H groups in total. The number of rotatable bonds is 2. The van der Waals surface area contributed by atoms with Crippen molar-refractivity contribution in [2.45, 2.75) is 0 Å². The van der Waals surface area contributed by atoms with Crippen LogP contribution in [-0.4, -0.2) is 46.2 Å². The standard InChI is InChI=1S/C15H17N5S/c21-15(18-13-5-2-1-3-6-13)20-11-9-19(10-12-20)14-16-7-4-8-17-14/h1-8H,9-12H2,(H,18,21). The maximum atomic E-state index is 5.48. The Hall–Kier alpha value is -2.21. The lowest BCUT2D eigenvalue weighted by atomic mass is 10.3. The molecule has 1 fully saturated rings. The SMILES string of the molecule is S=C(Nc1ccccc1)N1CCN(c2ncccn2)CC1. The number of piperazine rings is 1. The minimum Gasteiger partial charge on any atom is -0.345 e. The van der Waals surface area contributed by atoms with Crippen LogP contribution in [-0.2, 0) is 0 Å². The predicted octanol–water partition coefficient (Wildman–Crippen LogP) is 2.00. The van der Waals surface area contributed by atoms with Gasteiger partial charge in [0, 0.05) is 44.3 Å². The van der Waals surface area contributed by atoms with Crippen molar-refractivity contribution in [2.24, 2.45) is 0 Å². The van der Waals surface area contributed by atoms with Gasteiger partial charge in [0.15, 0.2) is 5.11 Å². The van der Waals surface area contributed by atoms with Crippen LogP contribution in [0.2, 0.25) is 0 Å². The molecule has 1 aromatic heterocycles. The number of benzene rings is 1. The Bertz CT molecular complexity index is 582. The Morgan fingerprint density at radius 3 is 2.29 bits per heavy atom. The number of nitrogens with zero attached hydrogens (tertiary/aromatic N) is 4. The Morgan fingerprint density at radius 1 is 0.952 bits per heavy atom. The third-order valence-electron chi connectivity index (χ3n) is 3.43. The molecule has 0 saturated carbocycles. The molecule has 21 heavy (non-hydrogen) atoms. The van der Waals surface area contributed by atoms with Crippen LogP contribution in [0.3, 0.4) is 0 Å². The molecule has 108 valence electrons. The van der Waals surface area contributed by atoms with Crippen LogP contribution in [0.25, 0.3) is 0 Å². The predicted molar refractivity (Wildman–Crippen MR) is 88.5 cm³/mol. The number of anilines is 2. The molecule has 2 heterocycles. The van der Waals surface area contributed by atoms with Gasteiger partial charge in [-0.25, -0.2) is 9.97 Å². The number of nitrogens with one attached hydrogen (secondary N) is 1. The van der Waals surface area contributed by atoms with E-state index in [1.165, 1.54) is 0 Å². The molecule has 0 aliphatic carbocycles. The summed E-state index contributed by atoms with van der Waals surface area (Å²) in [7, 11) is 0. The second-order valence-electron chi connectivity index (χ2n) is 4.82. The average Bonchev–Trinajstić information content (AvgIpc) is 2.57. The number of aromatic nitrogens is 2. The van der Waals surface area contributed by atoms with E-state index in [2.05, 4.69) is 25.1 Å². The highest BCUT2D eigenvalue weighted by molar-refractivity contribution is 7.80. The highest BCUT2D eigenvalue weighted by Crippen LogP contribution is 2.12. The van der Waals surface area contributed by atoms with Gasteiger partial charge in [-0.2, -0.15) is 0 Å². The Balaban J connectivity index is 1.55. The first-order valence-corrected chi connectivity index (χ1v) is 7.37. The lowest BCUT2D eigenvalue weighted by Gasteiger charge is -2.36. The summed E-state index contributed by atoms with van der Waals surface area (Å²) in [6.07, 6.45) is 3.55. The summed E-state index contributed by atoms with van der Waals surface area (Å²) in [6, 6.07) is 11.8. The summed E-state index contributed by atoms with van der Waals surface area (Å²) in [6.45, 7) is 3.50. The molecule has 2 aromatic rings. The van der Waals surface area contributed by atoms with E-state index in [0.29, 0.717) is 0 Å². The van der Waals surface area contributed by atoms with E-state index in [-0.39, 0.29) is 0 Å². The molecular formula is C15H17N5S. The monoisotopic (exact) mass is 299 g/mol. The van der Waals surface area contributed by atoms with Gasteiger partial charge in [0.05, 0.1) is 0 Å². The lowest BCUT2D eigenvalue weighted by Crippen LogP contribution is -2.50. The fourth-order valence-corrected chi connectivity index (χ4v) is 2.59.